The first kappa shape index (κ1) is 32.7. The molecule has 3 amide bonds. The molecular formula is C22H24N8O13S2. The summed E-state index contributed by atoms with van der Waals surface area (Å²) >= 11 is 1.05. The van der Waals surface area contributed by atoms with E-state index in [9.17, 15) is 52.4 Å². The number of pyridine rings is 1. The summed E-state index contributed by atoms with van der Waals surface area (Å²) in [6, 6.07) is -2.46. The van der Waals surface area contributed by atoms with Gasteiger partial charge in [-0.25, -0.2) is 9.10 Å². The highest BCUT2D eigenvalue weighted by atomic mass is 32.2. The first-order valence-corrected chi connectivity index (χ1v) is 14.8. The number of nitrogens with zero attached hydrogens (tertiary/aromatic N) is 5. The van der Waals surface area contributed by atoms with Gasteiger partial charge < -0.3 is 41.1 Å². The number of carbonyl (C=O) groups is 4. The second kappa shape index (κ2) is 12.1. The van der Waals surface area contributed by atoms with E-state index < -0.39 is 86.9 Å². The lowest BCUT2D eigenvalue weighted by atomic mass is 9.98. The van der Waals surface area contributed by atoms with Crippen LogP contribution in [0.25, 0.3) is 11.4 Å². The smallest absolute Gasteiger partial charge is 0.362 e. The van der Waals surface area contributed by atoms with Crippen LogP contribution in [0.15, 0.2) is 37.8 Å². The lowest BCUT2D eigenvalue weighted by Gasteiger charge is -2.44. The van der Waals surface area contributed by atoms with Crippen molar-refractivity contribution < 1.29 is 56.9 Å². The molecule has 23 heteroatoms. The van der Waals surface area contributed by atoms with Gasteiger partial charge in [0.1, 0.15) is 23.5 Å². The maximum Gasteiger partial charge on any atom is 0.362 e. The number of β-lactam (4-membered cyclic amide) rings is 1. The van der Waals surface area contributed by atoms with Gasteiger partial charge in [-0.05, 0) is 13.8 Å². The highest BCUT2D eigenvalue weighted by Gasteiger charge is 2.54. The monoisotopic (exact) mass is 672 g/mol. The molecule has 1 fully saturated rings. The third-order valence-corrected chi connectivity index (χ3v) is 8.12. The fourth-order valence-electron chi connectivity index (χ4n) is 3.86. The summed E-state index contributed by atoms with van der Waals surface area (Å²) in [4.78, 5) is 70.8. The quantitative estimate of drug-likeness (QED) is 0.0421. The van der Waals surface area contributed by atoms with Crippen molar-refractivity contribution in [3.8, 4) is 17.1 Å². The van der Waals surface area contributed by atoms with Crippen molar-refractivity contribution in [1.82, 2.24) is 24.8 Å². The van der Waals surface area contributed by atoms with Crippen LogP contribution in [-0.2, 0) is 29.5 Å². The molecule has 0 spiro atoms. The van der Waals surface area contributed by atoms with Crippen molar-refractivity contribution >= 4 is 56.6 Å². The van der Waals surface area contributed by atoms with Crippen molar-refractivity contribution in [2.75, 3.05) is 12.3 Å². The lowest BCUT2D eigenvalue weighted by Crippen LogP contribution is -2.74. The maximum absolute atomic E-state index is 13.2. The first-order chi connectivity index (χ1) is 20.9. The van der Waals surface area contributed by atoms with Crippen LogP contribution in [0.4, 0.5) is 0 Å². The van der Waals surface area contributed by atoms with Crippen molar-refractivity contribution in [1.29, 1.82) is 0 Å². The Morgan fingerprint density at radius 1 is 1.29 bits per heavy atom. The average molecular weight is 673 g/mol. The molecule has 4 heterocycles. The number of aromatic hydroxyl groups is 1. The summed E-state index contributed by atoms with van der Waals surface area (Å²) < 4.78 is 38.6. The Kier molecular flexibility index (Phi) is 8.79. The SMILES string of the molecule is CC(C)(O/N=C(\C(=O)N[C@@H]1C(=O)N(S(=O)(=O)O)[C@@H]1CNC(=O)c1cc(-c2cc(=O)c(O)cn2O)no1)C1CSC(N)=N1)C(=O)O. The minimum atomic E-state index is -5.17. The number of rotatable bonds is 11. The van der Waals surface area contributed by atoms with Crippen molar-refractivity contribution in [3.63, 3.8) is 0 Å². The predicted molar refractivity (Wildman–Crippen MR) is 150 cm³/mol. The van der Waals surface area contributed by atoms with Gasteiger partial charge in [0.25, 0.3) is 17.7 Å². The van der Waals surface area contributed by atoms with Gasteiger partial charge >= 0.3 is 16.3 Å². The normalized spacial score (nSPS) is 20.3. The molecule has 0 saturated carbocycles. The van der Waals surface area contributed by atoms with Crippen LogP contribution < -0.4 is 21.8 Å². The molecule has 0 aliphatic carbocycles. The van der Waals surface area contributed by atoms with Gasteiger partial charge in [0.05, 0.1) is 12.2 Å². The summed E-state index contributed by atoms with van der Waals surface area (Å²) in [5.74, 6) is -6.02. The van der Waals surface area contributed by atoms with Gasteiger partial charge in [-0.15, -0.1) is 0 Å². The summed E-state index contributed by atoms with van der Waals surface area (Å²) in [6.45, 7) is 1.62. The number of carbonyl (C=O) groups excluding carboxylic acids is 3. The first-order valence-electron chi connectivity index (χ1n) is 12.4. The Morgan fingerprint density at radius 3 is 2.58 bits per heavy atom. The second-order valence-corrected chi connectivity index (χ2v) is 12.2. The summed E-state index contributed by atoms with van der Waals surface area (Å²) in [5, 5.41) is 40.3. The lowest BCUT2D eigenvalue weighted by molar-refractivity contribution is -0.161. The van der Waals surface area contributed by atoms with Gasteiger partial charge in [0.2, 0.25) is 16.8 Å². The minimum Gasteiger partial charge on any atom is -0.503 e. The van der Waals surface area contributed by atoms with Crippen molar-refractivity contribution in [2.24, 2.45) is 15.9 Å². The minimum absolute atomic E-state index is 0.00730. The van der Waals surface area contributed by atoms with E-state index in [4.69, 9.17) is 15.1 Å². The zero-order chi connectivity index (χ0) is 33.4. The molecule has 0 bridgehead atoms. The molecule has 3 atom stereocenters. The molecule has 45 heavy (non-hydrogen) atoms. The van der Waals surface area contributed by atoms with E-state index in [-0.39, 0.29) is 26.6 Å². The number of nitrogens with two attached hydrogens (primary N) is 1. The number of aliphatic carboxylic acids is 1. The predicted octanol–water partition coefficient (Wildman–Crippen LogP) is -2.66. The molecule has 1 unspecified atom stereocenters. The van der Waals surface area contributed by atoms with Gasteiger partial charge in [-0.3, -0.25) is 28.7 Å². The third-order valence-electron chi connectivity index (χ3n) is 6.29. The molecule has 21 nitrogen and oxygen atoms in total. The van der Waals surface area contributed by atoms with Crippen LogP contribution in [0.3, 0.4) is 0 Å². The van der Waals surface area contributed by atoms with E-state index in [2.05, 4.69) is 25.9 Å². The Labute approximate surface area is 255 Å². The Hall–Kier alpha value is -5.16. The molecule has 242 valence electrons. The summed E-state index contributed by atoms with van der Waals surface area (Å²) in [7, 11) is -5.17. The number of oxime groups is 1. The Bertz CT molecular complexity index is 1800. The Morgan fingerprint density at radius 2 is 1.98 bits per heavy atom. The number of hydrogen-bond donors (Lipinski definition) is 7. The zero-order valence-electron chi connectivity index (χ0n) is 23.0. The topological polar surface area (TPSA) is 319 Å². The number of thioether (sulfide) groups is 1. The number of carboxylic acids is 1. The number of amides is 3. The fraction of sp³-hybridized carbons (Fsp3) is 0.364. The van der Waals surface area contributed by atoms with E-state index in [0.29, 0.717) is 10.9 Å². The van der Waals surface area contributed by atoms with Gasteiger partial charge in [0, 0.05) is 24.4 Å². The standard InChI is InChI=1S/C22H24N8O13S2/c1-22(2,20(36)37)43-28-15(9-7-44-21(23)25-9)18(34)26-16-11(30(19(16)35)45(39,40)41)5-24-17(33)14-3-8(27-42-14)10-4-12(31)13(32)6-29(10)38/h3-4,6,9,11,16,32,38H,5,7H2,1-2H3,(H2,23,25)(H,24,33)(H,26,34)(H,36,37)(H,39,40,41)/b28-15-/t9?,11-,16+/m1/s1. The molecule has 0 radical (unpaired) electrons. The highest BCUT2D eigenvalue weighted by molar-refractivity contribution is 8.14. The maximum atomic E-state index is 13.2. The van der Waals surface area contributed by atoms with Gasteiger partial charge in [-0.2, -0.15) is 13.1 Å². The molecule has 2 aliphatic heterocycles. The fourth-order valence-corrected chi connectivity index (χ4v) is 5.50. The van der Waals surface area contributed by atoms with E-state index in [1.807, 2.05) is 0 Å². The average Bonchev–Trinajstić information content (AvgIpc) is 3.60. The Balaban J connectivity index is 1.52. The number of carboxylic acid groups (broad SMARTS) is 1. The van der Waals surface area contributed by atoms with Crippen LogP contribution in [0, 0.1) is 0 Å². The van der Waals surface area contributed by atoms with E-state index >= 15 is 0 Å². The molecule has 2 aliphatic rings. The molecule has 1 saturated heterocycles. The number of nitrogens with one attached hydrogen (secondary N) is 2. The van der Waals surface area contributed by atoms with Crippen molar-refractivity contribution in [3.05, 3.63) is 34.3 Å². The molecule has 4 rings (SSSR count). The molecule has 0 aromatic carbocycles. The van der Waals surface area contributed by atoms with E-state index in [1.54, 1.807) is 0 Å². The number of amidine groups is 1. The molecule has 8 N–H and O–H groups in total. The van der Waals surface area contributed by atoms with Crippen LogP contribution in [0.5, 0.6) is 5.75 Å². The largest absolute Gasteiger partial charge is 0.503 e. The highest BCUT2D eigenvalue weighted by Crippen LogP contribution is 2.25. The van der Waals surface area contributed by atoms with Crippen LogP contribution in [0.1, 0.15) is 24.4 Å². The second-order valence-electron chi connectivity index (χ2n) is 9.85. The number of aromatic nitrogens is 2. The van der Waals surface area contributed by atoms with Crippen LogP contribution in [-0.4, -0.2) is 113 Å². The van der Waals surface area contributed by atoms with E-state index in [0.717, 1.165) is 37.7 Å². The third kappa shape index (κ3) is 6.83. The summed E-state index contributed by atoms with van der Waals surface area (Å²) in [5.41, 5.74) is 1.94. The molecular weight excluding hydrogens is 648 g/mol. The number of hydrogen-bond acceptors (Lipinski definition) is 16. The van der Waals surface area contributed by atoms with Crippen LogP contribution >= 0.6 is 11.8 Å². The van der Waals surface area contributed by atoms with Crippen molar-refractivity contribution in [2.45, 2.75) is 37.6 Å². The van der Waals surface area contributed by atoms with Crippen LogP contribution in [0.2, 0.25) is 0 Å². The molecule has 2 aromatic rings. The van der Waals surface area contributed by atoms with E-state index in [1.165, 1.54) is 0 Å². The molecule has 2 aromatic heterocycles. The zero-order valence-corrected chi connectivity index (χ0v) is 24.6. The number of aliphatic imine (C=N–C) groups is 1. The summed E-state index contributed by atoms with van der Waals surface area (Å²) in [6.07, 6.45) is 0.681. The van der Waals surface area contributed by atoms with Gasteiger partial charge in [-0.1, -0.05) is 22.1 Å². The van der Waals surface area contributed by atoms with Gasteiger partial charge in [0.15, 0.2) is 16.6 Å².